The first kappa shape index (κ1) is 17.4. The molecule has 0 saturated carbocycles. The number of anilines is 2. The van der Waals surface area contributed by atoms with E-state index in [4.69, 9.17) is 4.74 Å². The van der Waals surface area contributed by atoms with Crippen molar-refractivity contribution in [2.24, 2.45) is 0 Å². The molecule has 0 fully saturated rings. The molecule has 0 saturated heterocycles. The SMILES string of the molecule is COCCS(=O)(=O)Nc1ccc2c(c1)N(C(=O)c1cccnc1)CC2. The predicted octanol–water partition coefficient (Wildman–Crippen LogP) is 1.67. The molecule has 3 rings (SSSR count). The molecular formula is C17H19N3O4S. The Hall–Kier alpha value is -2.45. The highest BCUT2D eigenvalue weighted by Crippen LogP contribution is 2.32. The second kappa shape index (κ2) is 7.20. The standard InChI is InChI=1S/C17H19N3O4S/c1-24-9-10-25(22,23)19-15-5-4-13-6-8-20(16(13)11-15)17(21)14-3-2-7-18-12-14/h2-5,7,11-12,19H,6,8-10H2,1H3. The Morgan fingerprint density at radius 1 is 1.36 bits per heavy atom. The molecule has 25 heavy (non-hydrogen) atoms. The summed E-state index contributed by atoms with van der Waals surface area (Å²) in [6.07, 6.45) is 3.87. The molecule has 1 N–H and O–H groups in total. The van der Waals surface area contributed by atoms with Gasteiger partial charge in [0.2, 0.25) is 10.0 Å². The average Bonchev–Trinajstić information content (AvgIpc) is 3.03. The van der Waals surface area contributed by atoms with Crippen LogP contribution in [0, 0.1) is 0 Å². The first-order valence-corrected chi connectivity index (χ1v) is 9.49. The highest BCUT2D eigenvalue weighted by atomic mass is 32.2. The fraction of sp³-hybridized carbons (Fsp3) is 0.294. The molecule has 132 valence electrons. The number of pyridine rings is 1. The fourth-order valence-corrected chi connectivity index (χ4v) is 3.70. The first-order valence-electron chi connectivity index (χ1n) is 7.84. The Bertz CT molecular complexity index is 869. The van der Waals surface area contributed by atoms with E-state index in [1.807, 2.05) is 6.07 Å². The van der Waals surface area contributed by atoms with Crippen LogP contribution < -0.4 is 9.62 Å². The summed E-state index contributed by atoms with van der Waals surface area (Å²) >= 11 is 0. The van der Waals surface area contributed by atoms with Crippen molar-refractivity contribution in [3.8, 4) is 0 Å². The van der Waals surface area contributed by atoms with E-state index in [0.717, 1.165) is 17.7 Å². The van der Waals surface area contributed by atoms with Crippen molar-refractivity contribution in [1.29, 1.82) is 0 Å². The quantitative estimate of drug-likeness (QED) is 0.845. The number of nitrogens with zero attached hydrogens (tertiary/aromatic N) is 2. The van der Waals surface area contributed by atoms with Crippen LogP contribution in [0.2, 0.25) is 0 Å². The Morgan fingerprint density at radius 2 is 2.20 bits per heavy atom. The molecule has 0 unspecified atom stereocenters. The van der Waals surface area contributed by atoms with Gasteiger partial charge in [0.15, 0.2) is 0 Å². The molecule has 0 spiro atoms. The van der Waals surface area contributed by atoms with Gasteiger partial charge in [0.25, 0.3) is 5.91 Å². The van der Waals surface area contributed by atoms with Gasteiger partial charge in [0.1, 0.15) is 0 Å². The van der Waals surface area contributed by atoms with Crippen molar-refractivity contribution in [3.63, 3.8) is 0 Å². The van der Waals surface area contributed by atoms with Gasteiger partial charge < -0.3 is 9.64 Å². The van der Waals surface area contributed by atoms with Crippen LogP contribution >= 0.6 is 0 Å². The van der Waals surface area contributed by atoms with Gasteiger partial charge in [-0.05, 0) is 36.2 Å². The van der Waals surface area contributed by atoms with Crippen LogP contribution in [0.15, 0.2) is 42.7 Å². The van der Waals surface area contributed by atoms with Crippen LogP contribution in [-0.4, -0.2) is 45.3 Å². The number of aromatic nitrogens is 1. The number of amides is 1. The lowest BCUT2D eigenvalue weighted by Gasteiger charge is -2.18. The van der Waals surface area contributed by atoms with Gasteiger partial charge in [-0.2, -0.15) is 0 Å². The number of methoxy groups -OCH3 is 1. The Kier molecular flexibility index (Phi) is 5.00. The smallest absolute Gasteiger partial charge is 0.259 e. The maximum Gasteiger partial charge on any atom is 0.259 e. The zero-order valence-electron chi connectivity index (χ0n) is 13.8. The molecule has 0 radical (unpaired) electrons. The van der Waals surface area contributed by atoms with E-state index in [1.165, 1.54) is 13.3 Å². The number of hydrogen-bond donors (Lipinski definition) is 1. The highest BCUT2D eigenvalue weighted by molar-refractivity contribution is 7.92. The van der Waals surface area contributed by atoms with Crippen molar-refractivity contribution in [2.75, 3.05) is 35.6 Å². The number of carbonyl (C=O) groups is 1. The molecule has 1 amide bonds. The summed E-state index contributed by atoms with van der Waals surface area (Å²) in [7, 11) is -2.04. The summed E-state index contributed by atoms with van der Waals surface area (Å²) in [6.45, 7) is 0.675. The van der Waals surface area contributed by atoms with Crippen molar-refractivity contribution >= 4 is 27.3 Å². The number of hydrogen-bond acceptors (Lipinski definition) is 5. The van der Waals surface area contributed by atoms with Crippen LogP contribution in [0.3, 0.4) is 0 Å². The summed E-state index contributed by atoms with van der Waals surface area (Å²) < 4.78 is 31.4. The molecule has 1 aliphatic rings. The summed E-state index contributed by atoms with van der Waals surface area (Å²) in [5, 5.41) is 0. The van der Waals surface area contributed by atoms with Crippen LogP contribution in [-0.2, 0) is 21.2 Å². The topological polar surface area (TPSA) is 88.6 Å². The third-order valence-electron chi connectivity index (χ3n) is 3.96. The minimum atomic E-state index is -3.49. The van der Waals surface area contributed by atoms with Crippen LogP contribution in [0.5, 0.6) is 0 Å². The second-order valence-electron chi connectivity index (χ2n) is 5.71. The minimum Gasteiger partial charge on any atom is -0.384 e. The van der Waals surface area contributed by atoms with Gasteiger partial charge in [-0.25, -0.2) is 8.42 Å². The predicted molar refractivity (Wildman–Crippen MR) is 95.3 cm³/mol. The summed E-state index contributed by atoms with van der Waals surface area (Å²) in [5.74, 6) is -0.273. The van der Waals surface area contributed by atoms with Gasteiger partial charge in [-0.15, -0.1) is 0 Å². The lowest BCUT2D eigenvalue weighted by Crippen LogP contribution is -2.29. The number of sulfonamides is 1. The minimum absolute atomic E-state index is 0.117. The van der Waals surface area contributed by atoms with Crippen molar-refractivity contribution in [3.05, 3.63) is 53.9 Å². The lowest BCUT2D eigenvalue weighted by molar-refractivity contribution is 0.0989. The molecule has 1 aromatic carbocycles. The van der Waals surface area contributed by atoms with Crippen molar-refractivity contribution in [2.45, 2.75) is 6.42 Å². The number of ether oxygens (including phenoxy) is 1. The summed E-state index contributed by atoms with van der Waals surface area (Å²) in [6, 6.07) is 8.68. The van der Waals surface area contributed by atoms with Gasteiger partial charge in [0.05, 0.1) is 23.6 Å². The van der Waals surface area contributed by atoms with Crippen LogP contribution in [0.25, 0.3) is 0 Å². The Balaban J connectivity index is 1.83. The Labute approximate surface area is 146 Å². The molecule has 0 atom stereocenters. The molecule has 0 aliphatic carbocycles. The van der Waals surface area contributed by atoms with Crippen LogP contribution in [0.1, 0.15) is 15.9 Å². The summed E-state index contributed by atoms with van der Waals surface area (Å²) in [5.41, 5.74) is 2.67. The van der Waals surface area contributed by atoms with Crippen LogP contribution in [0.4, 0.5) is 11.4 Å². The number of nitrogens with one attached hydrogen (secondary N) is 1. The van der Waals surface area contributed by atoms with E-state index in [2.05, 4.69) is 9.71 Å². The number of carbonyl (C=O) groups excluding carboxylic acids is 1. The largest absolute Gasteiger partial charge is 0.384 e. The zero-order valence-corrected chi connectivity index (χ0v) is 14.6. The maximum absolute atomic E-state index is 12.7. The normalized spacial score (nSPS) is 13.6. The highest BCUT2D eigenvalue weighted by Gasteiger charge is 2.26. The summed E-state index contributed by atoms with van der Waals surface area (Å²) in [4.78, 5) is 18.3. The van der Waals surface area contributed by atoms with Gasteiger partial charge >= 0.3 is 0 Å². The molecule has 2 aromatic rings. The van der Waals surface area contributed by atoms with Gasteiger partial charge in [-0.1, -0.05) is 6.07 Å². The molecule has 0 bridgehead atoms. The van der Waals surface area contributed by atoms with E-state index in [0.29, 0.717) is 17.8 Å². The maximum atomic E-state index is 12.7. The average molecular weight is 361 g/mol. The number of benzene rings is 1. The first-order chi connectivity index (χ1) is 12.0. The Morgan fingerprint density at radius 3 is 2.92 bits per heavy atom. The molecule has 1 aliphatic heterocycles. The molecule has 7 nitrogen and oxygen atoms in total. The van der Waals surface area contributed by atoms with E-state index < -0.39 is 10.0 Å². The fourth-order valence-electron chi connectivity index (χ4n) is 2.72. The van der Waals surface area contributed by atoms with Gasteiger partial charge in [0, 0.05) is 31.7 Å². The van der Waals surface area contributed by atoms with E-state index in [9.17, 15) is 13.2 Å². The van der Waals surface area contributed by atoms with Crippen molar-refractivity contribution < 1.29 is 17.9 Å². The van der Waals surface area contributed by atoms with E-state index in [-0.39, 0.29) is 18.3 Å². The molecular weight excluding hydrogens is 342 g/mol. The van der Waals surface area contributed by atoms with E-state index in [1.54, 1.807) is 35.4 Å². The number of fused-ring (bicyclic) bond motifs is 1. The van der Waals surface area contributed by atoms with E-state index >= 15 is 0 Å². The third kappa shape index (κ3) is 3.97. The zero-order chi connectivity index (χ0) is 17.9. The lowest BCUT2D eigenvalue weighted by atomic mass is 10.1. The van der Waals surface area contributed by atoms with Crippen molar-refractivity contribution in [1.82, 2.24) is 4.98 Å². The molecule has 1 aromatic heterocycles. The molecule has 2 heterocycles. The third-order valence-corrected chi connectivity index (χ3v) is 5.21. The number of rotatable bonds is 6. The van der Waals surface area contributed by atoms with Gasteiger partial charge in [-0.3, -0.25) is 14.5 Å². The molecule has 8 heteroatoms. The second-order valence-corrected chi connectivity index (χ2v) is 7.55. The monoisotopic (exact) mass is 361 g/mol.